The molecule has 0 saturated carbocycles. The molecule has 0 aliphatic heterocycles. The van der Waals surface area contributed by atoms with E-state index in [1.807, 2.05) is 36.4 Å². The quantitative estimate of drug-likeness (QED) is 0.273. The summed E-state index contributed by atoms with van der Waals surface area (Å²) < 4.78 is 5.79. The molecule has 0 radical (unpaired) electrons. The Morgan fingerprint density at radius 3 is 2.30 bits per heavy atom. The summed E-state index contributed by atoms with van der Waals surface area (Å²) in [5.74, 6) is 0.990. The third kappa shape index (κ3) is 8.12. The third-order valence-corrected chi connectivity index (χ3v) is 4.49. The number of hydrogen-bond donors (Lipinski definition) is 1. The van der Waals surface area contributed by atoms with Crippen LogP contribution in [-0.2, 0) is 0 Å². The maximum Gasteiger partial charge on any atom is 0.166 e. The second-order valence-electron chi connectivity index (χ2n) is 6.84. The van der Waals surface area contributed by atoms with E-state index in [9.17, 15) is 4.79 Å². The fourth-order valence-electron chi connectivity index (χ4n) is 2.84. The zero-order valence-corrected chi connectivity index (χ0v) is 16.3. The van der Waals surface area contributed by atoms with Crippen molar-refractivity contribution in [2.24, 2.45) is 0 Å². The summed E-state index contributed by atoms with van der Waals surface area (Å²) in [5, 5.41) is 0. The highest BCUT2D eigenvalue weighted by molar-refractivity contribution is 5.97. The first kappa shape index (κ1) is 20.8. The van der Waals surface area contributed by atoms with Crippen LogP contribution in [0.3, 0.4) is 0 Å². The molecule has 0 bridgehead atoms. The first-order chi connectivity index (χ1) is 13.2. The van der Waals surface area contributed by atoms with E-state index in [4.69, 9.17) is 10.5 Å². The Morgan fingerprint density at radius 2 is 1.59 bits per heavy atom. The molecule has 27 heavy (non-hydrogen) atoms. The van der Waals surface area contributed by atoms with Crippen LogP contribution < -0.4 is 10.5 Å². The zero-order chi connectivity index (χ0) is 19.3. The molecule has 0 spiro atoms. The van der Waals surface area contributed by atoms with Gasteiger partial charge in [0, 0.05) is 17.7 Å². The smallest absolute Gasteiger partial charge is 0.166 e. The number of Topliss-reactive ketones (excluding diaryl/α,β-unsaturated/α-hetero) is 1. The highest BCUT2D eigenvalue weighted by atomic mass is 16.5. The van der Waals surface area contributed by atoms with Crippen LogP contribution in [0.2, 0.25) is 0 Å². The van der Waals surface area contributed by atoms with Crippen LogP contribution in [0.4, 0.5) is 5.69 Å². The molecule has 0 amide bonds. The van der Waals surface area contributed by atoms with Crippen LogP contribution in [0.5, 0.6) is 5.75 Å². The van der Waals surface area contributed by atoms with Gasteiger partial charge in [-0.25, -0.2) is 0 Å². The van der Waals surface area contributed by atoms with Crippen molar-refractivity contribution in [1.29, 1.82) is 0 Å². The van der Waals surface area contributed by atoms with Crippen molar-refractivity contribution >= 4 is 17.5 Å². The molecule has 0 aliphatic carbocycles. The van der Waals surface area contributed by atoms with Gasteiger partial charge in [0.2, 0.25) is 0 Å². The Bertz CT molecular complexity index is 702. The van der Waals surface area contributed by atoms with Gasteiger partial charge in [0.25, 0.3) is 0 Å². The van der Waals surface area contributed by atoms with Crippen molar-refractivity contribution < 1.29 is 9.53 Å². The minimum atomic E-state index is 0.0881. The van der Waals surface area contributed by atoms with Gasteiger partial charge in [0.1, 0.15) is 5.75 Å². The molecule has 3 nitrogen and oxygen atoms in total. The van der Waals surface area contributed by atoms with E-state index in [1.165, 1.54) is 32.1 Å². The first-order valence-corrected chi connectivity index (χ1v) is 9.97. The van der Waals surface area contributed by atoms with Crippen LogP contribution in [0, 0.1) is 0 Å². The van der Waals surface area contributed by atoms with Crippen molar-refractivity contribution in [2.75, 3.05) is 12.3 Å². The van der Waals surface area contributed by atoms with E-state index < -0.39 is 0 Å². The SMILES string of the molecule is CCCCCCCCOc1ccc(C=CCC(=O)c2ccc(N)cc2)cc1. The Labute approximate surface area is 163 Å². The molecule has 2 aromatic carbocycles. The monoisotopic (exact) mass is 365 g/mol. The lowest BCUT2D eigenvalue weighted by atomic mass is 10.1. The predicted molar refractivity (Wildman–Crippen MR) is 114 cm³/mol. The standard InChI is InChI=1S/C24H31NO2/c1-2-3-4-5-6-7-19-27-23-17-11-20(12-18-23)9-8-10-24(26)21-13-15-22(25)16-14-21/h8-9,11-18H,2-7,10,19,25H2,1H3. The molecule has 0 saturated heterocycles. The van der Waals surface area contributed by atoms with Gasteiger partial charge in [-0.3, -0.25) is 4.79 Å². The fraction of sp³-hybridized carbons (Fsp3) is 0.375. The number of ether oxygens (including phenoxy) is 1. The Kier molecular flexibility index (Phi) is 9.19. The number of carbonyl (C=O) groups is 1. The van der Waals surface area contributed by atoms with E-state index in [0.717, 1.165) is 24.3 Å². The number of hydrogen-bond acceptors (Lipinski definition) is 3. The summed E-state index contributed by atoms with van der Waals surface area (Å²) in [6, 6.07) is 15.0. The number of anilines is 1. The van der Waals surface area contributed by atoms with E-state index in [2.05, 4.69) is 6.92 Å². The molecule has 3 heteroatoms. The van der Waals surface area contributed by atoms with E-state index >= 15 is 0 Å². The molecule has 2 aromatic rings. The summed E-state index contributed by atoms with van der Waals surface area (Å²) in [6.07, 6.45) is 11.8. The average molecular weight is 366 g/mol. The van der Waals surface area contributed by atoms with Crippen molar-refractivity contribution in [1.82, 2.24) is 0 Å². The predicted octanol–water partition coefficient (Wildman–Crippen LogP) is 6.29. The highest BCUT2D eigenvalue weighted by Gasteiger charge is 2.02. The van der Waals surface area contributed by atoms with Gasteiger partial charge in [-0.2, -0.15) is 0 Å². The second kappa shape index (κ2) is 11.9. The maximum atomic E-state index is 12.1. The molecule has 0 fully saturated rings. The first-order valence-electron chi connectivity index (χ1n) is 9.97. The van der Waals surface area contributed by atoms with Crippen LogP contribution >= 0.6 is 0 Å². The number of allylic oxidation sites excluding steroid dienone is 1. The number of rotatable bonds is 12. The van der Waals surface area contributed by atoms with Crippen LogP contribution in [0.15, 0.2) is 54.6 Å². The normalized spacial score (nSPS) is 11.0. The summed E-state index contributed by atoms with van der Waals surface area (Å²) in [6.45, 7) is 3.01. The molecule has 144 valence electrons. The van der Waals surface area contributed by atoms with Gasteiger partial charge in [-0.15, -0.1) is 0 Å². The minimum absolute atomic E-state index is 0.0881. The molecule has 0 unspecified atom stereocenters. The van der Waals surface area contributed by atoms with Crippen molar-refractivity contribution in [3.63, 3.8) is 0 Å². The molecule has 0 aromatic heterocycles. The molecular formula is C24H31NO2. The van der Waals surface area contributed by atoms with Gasteiger partial charge in [0.05, 0.1) is 6.61 Å². The maximum absolute atomic E-state index is 12.1. The van der Waals surface area contributed by atoms with Gasteiger partial charge < -0.3 is 10.5 Å². The average Bonchev–Trinajstić information content (AvgIpc) is 2.69. The Balaban J connectivity index is 1.69. The third-order valence-electron chi connectivity index (χ3n) is 4.49. The topological polar surface area (TPSA) is 52.3 Å². The minimum Gasteiger partial charge on any atom is -0.494 e. The van der Waals surface area contributed by atoms with Crippen molar-refractivity contribution in [2.45, 2.75) is 51.9 Å². The van der Waals surface area contributed by atoms with Crippen LogP contribution in [0.25, 0.3) is 6.08 Å². The van der Waals surface area contributed by atoms with Crippen molar-refractivity contribution in [3.8, 4) is 5.75 Å². The molecule has 2 N–H and O–H groups in total. The Morgan fingerprint density at radius 1 is 0.926 bits per heavy atom. The molecular weight excluding hydrogens is 334 g/mol. The number of nitrogens with two attached hydrogens (primary N) is 1. The Hall–Kier alpha value is -2.55. The molecule has 2 rings (SSSR count). The van der Waals surface area contributed by atoms with Gasteiger partial charge in [-0.1, -0.05) is 63.3 Å². The largest absolute Gasteiger partial charge is 0.494 e. The van der Waals surface area contributed by atoms with Crippen molar-refractivity contribution in [3.05, 3.63) is 65.7 Å². The summed E-state index contributed by atoms with van der Waals surface area (Å²) in [7, 11) is 0. The second-order valence-corrected chi connectivity index (χ2v) is 6.84. The van der Waals surface area contributed by atoms with E-state index in [1.54, 1.807) is 24.3 Å². The summed E-state index contributed by atoms with van der Waals surface area (Å²) in [5.41, 5.74) is 8.06. The van der Waals surface area contributed by atoms with Gasteiger partial charge >= 0.3 is 0 Å². The van der Waals surface area contributed by atoms with E-state index in [-0.39, 0.29) is 5.78 Å². The number of benzene rings is 2. The van der Waals surface area contributed by atoms with Crippen LogP contribution in [0.1, 0.15) is 67.8 Å². The zero-order valence-electron chi connectivity index (χ0n) is 16.3. The molecule has 0 atom stereocenters. The lowest BCUT2D eigenvalue weighted by Crippen LogP contribution is -1.97. The number of carbonyl (C=O) groups excluding carboxylic acids is 1. The molecule has 0 aliphatic rings. The van der Waals surface area contributed by atoms with Gasteiger partial charge in [0.15, 0.2) is 5.78 Å². The fourth-order valence-corrected chi connectivity index (χ4v) is 2.84. The van der Waals surface area contributed by atoms with Gasteiger partial charge in [-0.05, 0) is 48.4 Å². The van der Waals surface area contributed by atoms with E-state index in [0.29, 0.717) is 17.7 Å². The summed E-state index contributed by atoms with van der Waals surface area (Å²) in [4.78, 5) is 12.1. The summed E-state index contributed by atoms with van der Waals surface area (Å²) >= 11 is 0. The number of nitrogen functional groups attached to an aromatic ring is 1. The number of ketones is 1. The number of unbranched alkanes of at least 4 members (excludes halogenated alkanes) is 5. The molecule has 0 heterocycles. The lowest BCUT2D eigenvalue weighted by Gasteiger charge is -2.06. The lowest BCUT2D eigenvalue weighted by molar-refractivity contribution is 0.0996. The van der Waals surface area contributed by atoms with Crippen LogP contribution in [-0.4, -0.2) is 12.4 Å². The highest BCUT2D eigenvalue weighted by Crippen LogP contribution is 2.15.